The molecule has 6 fully saturated rings. The number of nitrogens with zero attached hydrogens (tertiary/aromatic N) is 1. The highest BCUT2D eigenvalue weighted by Crippen LogP contribution is 2.63. The zero-order valence-corrected chi connectivity index (χ0v) is 17.9. The van der Waals surface area contributed by atoms with Crippen LogP contribution in [0.25, 0.3) is 0 Å². The highest BCUT2D eigenvalue weighted by atomic mass is 35.5. The van der Waals surface area contributed by atoms with Crippen molar-refractivity contribution in [2.75, 3.05) is 4.90 Å². The second-order valence-corrected chi connectivity index (χ2v) is 11.1. The summed E-state index contributed by atoms with van der Waals surface area (Å²) in [5.74, 6) is 3.08. The zero-order chi connectivity index (χ0) is 20.3. The number of hydrogen-bond acceptors (Lipinski definition) is 2. The summed E-state index contributed by atoms with van der Waals surface area (Å²) in [6, 6.07) is 5.51. The number of anilines is 1. The minimum absolute atomic E-state index is 0.0244. The molecule has 3 nitrogen and oxygen atoms in total. The van der Waals surface area contributed by atoms with E-state index >= 15 is 0 Å². The molecule has 4 atom stereocenters. The Morgan fingerprint density at radius 2 is 1.40 bits per heavy atom. The van der Waals surface area contributed by atoms with Crippen LogP contribution in [0.3, 0.4) is 0 Å². The third-order valence-corrected chi connectivity index (χ3v) is 9.59. The van der Waals surface area contributed by atoms with Gasteiger partial charge < -0.3 is 0 Å². The zero-order valence-electron chi connectivity index (χ0n) is 17.2. The average Bonchev–Trinajstić information content (AvgIpc) is 3.33. The van der Waals surface area contributed by atoms with E-state index in [2.05, 4.69) is 12.2 Å². The molecule has 0 spiro atoms. The second-order valence-electron chi connectivity index (χ2n) is 10.6. The van der Waals surface area contributed by atoms with Gasteiger partial charge in [0.15, 0.2) is 0 Å². The van der Waals surface area contributed by atoms with Gasteiger partial charge in [0.2, 0.25) is 11.8 Å². The highest BCUT2D eigenvalue weighted by Gasteiger charge is 2.63. The van der Waals surface area contributed by atoms with Crippen LogP contribution in [0.5, 0.6) is 0 Å². The molecule has 0 aromatic heterocycles. The molecule has 1 heterocycles. The molecule has 0 N–H and O–H groups in total. The predicted octanol–water partition coefficient (Wildman–Crippen LogP) is 5.32. The molecule has 8 rings (SSSR count). The van der Waals surface area contributed by atoms with E-state index in [1.165, 1.54) is 42.6 Å². The van der Waals surface area contributed by atoms with Gasteiger partial charge in [0.1, 0.15) is 0 Å². The van der Waals surface area contributed by atoms with Gasteiger partial charge in [-0.1, -0.05) is 41.0 Å². The van der Waals surface area contributed by atoms with Gasteiger partial charge in [-0.3, -0.25) is 9.59 Å². The third kappa shape index (κ3) is 2.12. The molecule has 2 amide bonds. The Labute approximate surface area is 182 Å². The number of carbonyl (C=O) groups excluding carboxylic acids is 2. The summed E-state index contributed by atoms with van der Waals surface area (Å²) in [4.78, 5) is 28.5. The number of aryl methyl sites for hydroxylation is 1. The van der Waals surface area contributed by atoms with Gasteiger partial charge in [-0.15, -0.1) is 0 Å². The predicted molar refractivity (Wildman–Crippen MR) is 116 cm³/mol. The molecule has 0 unspecified atom stereocenters. The van der Waals surface area contributed by atoms with Crippen molar-refractivity contribution in [3.05, 3.63) is 52.1 Å². The Balaban J connectivity index is 1.28. The maximum Gasteiger partial charge on any atom is 0.238 e. The van der Waals surface area contributed by atoms with Gasteiger partial charge in [0.05, 0.1) is 17.5 Å². The smallest absolute Gasteiger partial charge is 0.238 e. The van der Waals surface area contributed by atoms with E-state index < -0.39 is 0 Å². The SMILES string of the molecule is Cc1ccc(N2C(=O)[C@@H]3[C@H](C2=O)[C@@H]2C=C[C@@H]3C2=C2C3CC4CC(C3)CC2C4)cc1Cl. The summed E-state index contributed by atoms with van der Waals surface area (Å²) < 4.78 is 0. The number of imide groups is 1. The Morgan fingerprint density at radius 3 is 1.93 bits per heavy atom. The van der Waals surface area contributed by atoms with Gasteiger partial charge in [-0.2, -0.15) is 0 Å². The number of rotatable bonds is 1. The normalized spacial score (nSPS) is 42.8. The Kier molecular flexibility index (Phi) is 3.48. The van der Waals surface area contributed by atoms with E-state index in [0.717, 1.165) is 29.2 Å². The van der Waals surface area contributed by atoms with Crippen LogP contribution in [-0.4, -0.2) is 11.8 Å². The van der Waals surface area contributed by atoms with Crippen molar-refractivity contribution in [2.45, 2.75) is 39.0 Å². The molecule has 154 valence electrons. The van der Waals surface area contributed by atoms with E-state index in [1.807, 2.05) is 19.1 Å². The van der Waals surface area contributed by atoms with Crippen LogP contribution in [-0.2, 0) is 9.59 Å². The fourth-order valence-electron chi connectivity index (χ4n) is 8.29. The van der Waals surface area contributed by atoms with Crippen LogP contribution in [0.4, 0.5) is 5.69 Å². The molecule has 6 bridgehead atoms. The van der Waals surface area contributed by atoms with Gasteiger partial charge in [-0.25, -0.2) is 4.90 Å². The second kappa shape index (κ2) is 5.88. The van der Waals surface area contributed by atoms with Crippen LogP contribution >= 0.6 is 11.6 Å². The fourth-order valence-corrected chi connectivity index (χ4v) is 8.46. The van der Waals surface area contributed by atoms with Crippen molar-refractivity contribution in [1.29, 1.82) is 0 Å². The van der Waals surface area contributed by atoms with E-state index in [9.17, 15) is 9.59 Å². The first-order valence-corrected chi connectivity index (χ1v) is 11.9. The highest BCUT2D eigenvalue weighted by molar-refractivity contribution is 6.32. The summed E-state index contributed by atoms with van der Waals surface area (Å²) >= 11 is 6.30. The summed E-state index contributed by atoms with van der Waals surface area (Å²) in [6.07, 6.45) is 11.3. The Hall–Kier alpha value is -1.87. The van der Waals surface area contributed by atoms with Crippen molar-refractivity contribution in [1.82, 2.24) is 0 Å². The lowest BCUT2D eigenvalue weighted by molar-refractivity contribution is -0.122. The molecule has 1 saturated heterocycles. The lowest BCUT2D eigenvalue weighted by Gasteiger charge is -2.52. The standard InChI is InChI=1S/C26H26ClNO2/c1-12-2-3-17(11-20(12)27)28-25(29)23-18-4-5-19(24(23)26(28)30)22(18)21-15-7-13-6-14(9-15)10-16(21)8-13/h2-5,11,13-16,18-19,23-24H,6-10H2,1H3/t13?,14?,15?,16?,18-,19-,23-,24+/m1/s1. The lowest BCUT2D eigenvalue weighted by Crippen LogP contribution is -2.41. The quantitative estimate of drug-likeness (QED) is 0.456. The number of hydrogen-bond donors (Lipinski definition) is 0. The topological polar surface area (TPSA) is 37.4 Å². The molecule has 1 aliphatic heterocycles. The maximum atomic E-state index is 13.5. The van der Waals surface area contributed by atoms with Crippen LogP contribution in [0.1, 0.15) is 37.7 Å². The van der Waals surface area contributed by atoms with Crippen molar-refractivity contribution in [3.63, 3.8) is 0 Å². The molecule has 7 aliphatic rings. The number of amides is 2. The molecule has 4 heteroatoms. The number of benzene rings is 1. The first-order valence-electron chi connectivity index (χ1n) is 11.6. The van der Waals surface area contributed by atoms with Gasteiger partial charge in [0.25, 0.3) is 0 Å². The molecule has 1 aromatic carbocycles. The van der Waals surface area contributed by atoms with Crippen molar-refractivity contribution >= 4 is 29.1 Å². The number of carbonyl (C=O) groups is 2. The third-order valence-electron chi connectivity index (χ3n) is 9.18. The molecular weight excluding hydrogens is 394 g/mol. The average molecular weight is 420 g/mol. The molecule has 5 saturated carbocycles. The van der Waals surface area contributed by atoms with E-state index in [1.54, 1.807) is 11.6 Å². The number of fused-ring (bicyclic) bond motifs is 5. The van der Waals surface area contributed by atoms with Gasteiger partial charge >= 0.3 is 0 Å². The van der Waals surface area contributed by atoms with Crippen LogP contribution in [0, 0.1) is 54.3 Å². The summed E-state index contributed by atoms with van der Waals surface area (Å²) in [5, 5.41) is 0.600. The first kappa shape index (κ1) is 17.8. The monoisotopic (exact) mass is 419 g/mol. The minimum Gasteiger partial charge on any atom is -0.274 e. The van der Waals surface area contributed by atoms with E-state index in [-0.39, 0.29) is 35.5 Å². The van der Waals surface area contributed by atoms with E-state index in [4.69, 9.17) is 11.6 Å². The number of halogens is 1. The van der Waals surface area contributed by atoms with Gasteiger partial charge in [-0.05, 0) is 80.4 Å². The summed E-state index contributed by atoms with van der Waals surface area (Å²) in [6.45, 7) is 1.93. The van der Waals surface area contributed by atoms with Crippen LogP contribution in [0.15, 0.2) is 41.5 Å². The molecule has 1 aromatic rings. The molecule has 6 aliphatic carbocycles. The van der Waals surface area contributed by atoms with Crippen LogP contribution in [0.2, 0.25) is 5.02 Å². The minimum atomic E-state index is -0.215. The van der Waals surface area contributed by atoms with Gasteiger partial charge in [0, 0.05) is 16.9 Å². The number of allylic oxidation sites excluding steroid dienone is 4. The molecular formula is C26H26ClNO2. The lowest BCUT2D eigenvalue weighted by atomic mass is 9.53. The summed E-state index contributed by atoms with van der Waals surface area (Å²) in [5.41, 5.74) is 4.75. The van der Waals surface area contributed by atoms with Crippen molar-refractivity contribution in [2.24, 2.45) is 47.3 Å². The van der Waals surface area contributed by atoms with Crippen LogP contribution < -0.4 is 4.90 Å². The first-order chi connectivity index (χ1) is 14.5. The van der Waals surface area contributed by atoms with Crippen molar-refractivity contribution < 1.29 is 9.59 Å². The largest absolute Gasteiger partial charge is 0.274 e. The maximum absolute atomic E-state index is 13.5. The molecule has 0 radical (unpaired) electrons. The molecule has 30 heavy (non-hydrogen) atoms. The fraction of sp³-hybridized carbons (Fsp3) is 0.538. The summed E-state index contributed by atoms with van der Waals surface area (Å²) in [7, 11) is 0. The Morgan fingerprint density at radius 1 is 0.833 bits per heavy atom. The Bertz CT molecular complexity index is 1000. The van der Waals surface area contributed by atoms with E-state index in [0.29, 0.717) is 10.7 Å². The van der Waals surface area contributed by atoms with Crippen molar-refractivity contribution in [3.8, 4) is 0 Å².